The monoisotopic (exact) mass is 657 g/mol. The van der Waals surface area contributed by atoms with Gasteiger partial charge in [-0.3, -0.25) is 14.5 Å². The molecule has 1 fully saturated rings. The number of amides is 2. The van der Waals surface area contributed by atoms with E-state index in [9.17, 15) is 14.7 Å². The number of hydrogen-bond donors (Lipinski definition) is 4. The van der Waals surface area contributed by atoms with Crippen molar-refractivity contribution in [2.75, 3.05) is 52.9 Å². The number of benzene rings is 1. The SMILES string of the molecule is CC.CC.Cc1nc(CC(=O)NCCN2CCN(C)CC2)cs1.Cc1nc(CC(=O)NCCc2c[nH]c3ccc(O)cc23)cs1. The highest BCUT2D eigenvalue weighted by Crippen LogP contribution is 2.23. The molecule has 1 aliphatic heterocycles. The van der Waals surface area contributed by atoms with E-state index < -0.39 is 0 Å². The van der Waals surface area contributed by atoms with Crippen molar-refractivity contribution in [1.82, 2.24) is 35.4 Å². The summed E-state index contributed by atoms with van der Waals surface area (Å²) in [7, 11) is 2.15. The van der Waals surface area contributed by atoms with E-state index in [2.05, 4.69) is 42.4 Å². The van der Waals surface area contributed by atoms with Crippen LogP contribution in [0.5, 0.6) is 5.75 Å². The molecule has 1 aromatic carbocycles. The number of phenols is 1. The third-order valence-electron chi connectivity index (χ3n) is 6.83. The maximum absolute atomic E-state index is 11.9. The summed E-state index contributed by atoms with van der Waals surface area (Å²) in [6.45, 7) is 18.5. The van der Waals surface area contributed by atoms with Gasteiger partial charge in [0.15, 0.2) is 0 Å². The lowest BCUT2D eigenvalue weighted by Crippen LogP contribution is -2.47. The number of carbonyl (C=O) groups excluding carboxylic acids is 2. The number of piperazine rings is 1. The van der Waals surface area contributed by atoms with E-state index in [1.807, 2.05) is 64.6 Å². The molecule has 1 saturated heterocycles. The number of fused-ring (bicyclic) bond motifs is 1. The van der Waals surface area contributed by atoms with E-state index in [0.29, 0.717) is 25.8 Å². The number of aromatic hydroxyl groups is 1. The van der Waals surface area contributed by atoms with Crippen LogP contribution in [0.15, 0.2) is 35.2 Å². The molecule has 0 saturated carbocycles. The summed E-state index contributed by atoms with van der Waals surface area (Å²) < 4.78 is 0. The molecular formula is C33H51N7O3S2. The predicted molar refractivity (Wildman–Crippen MR) is 187 cm³/mol. The molecule has 0 unspecified atom stereocenters. The van der Waals surface area contributed by atoms with Crippen molar-refractivity contribution in [2.45, 2.75) is 60.8 Å². The highest BCUT2D eigenvalue weighted by Gasteiger charge is 2.14. The Kier molecular flexibility index (Phi) is 17.4. The summed E-state index contributed by atoms with van der Waals surface area (Å²) in [5, 5.41) is 22.3. The molecule has 4 heterocycles. The van der Waals surface area contributed by atoms with Gasteiger partial charge in [0.1, 0.15) is 5.75 Å². The molecule has 0 radical (unpaired) electrons. The van der Waals surface area contributed by atoms with E-state index >= 15 is 0 Å². The van der Waals surface area contributed by atoms with Crippen LogP contribution in [0.2, 0.25) is 0 Å². The molecule has 5 rings (SSSR count). The maximum atomic E-state index is 11.9. The topological polar surface area (TPSA) is 126 Å². The molecular weight excluding hydrogens is 607 g/mol. The summed E-state index contributed by atoms with van der Waals surface area (Å²) in [5.41, 5.74) is 3.75. The van der Waals surface area contributed by atoms with Crippen LogP contribution in [0.4, 0.5) is 0 Å². The zero-order valence-corrected chi connectivity index (χ0v) is 29.5. The Hall–Kier alpha value is -3.32. The van der Waals surface area contributed by atoms with Gasteiger partial charge >= 0.3 is 0 Å². The molecule has 248 valence electrons. The van der Waals surface area contributed by atoms with Crippen LogP contribution in [0.3, 0.4) is 0 Å². The van der Waals surface area contributed by atoms with Gasteiger partial charge in [0.05, 0.1) is 34.2 Å². The molecule has 12 heteroatoms. The van der Waals surface area contributed by atoms with Crippen molar-refractivity contribution in [3.05, 3.63) is 62.1 Å². The number of hydrogen-bond acceptors (Lipinski definition) is 9. The van der Waals surface area contributed by atoms with Crippen LogP contribution in [0.25, 0.3) is 10.9 Å². The molecule has 4 N–H and O–H groups in total. The van der Waals surface area contributed by atoms with Gasteiger partial charge in [0.2, 0.25) is 11.8 Å². The van der Waals surface area contributed by atoms with Crippen molar-refractivity contribution in [3.63, 3.8) is 0 Å². The number of rotatable bonds is 10. The Bertz CT molecular complexity index is 1420. The van der Waals surface area contributed by atoms with Gasteiger partial charge in [-0.15, -0.1) is 22.7 Å². The van der Waals surface area contributed by atoms with Crippen molar-refractivity contribution in [1.29, 1.82) is 0 Å². The number of nitrogens with one attached hydrogen (secondary N) is 3. The van der Waals surface area contributed by atoms with Crippen molar-refractivity contribution in [2.24, 2.45) is 0 Å². The normalized spacial score (nSPS) is 13.0. The van der Waals surface area contributed by atoms with Gasteiger partial charge in [-0.2, -0.15) is 0 Å². The summed E-state index contributed by atoms with van der Waals surface area (Å²) in [6.07, 6.45) is 3.34. The van der Waals surface area contributed by atoms with Gasteiger partial charge in [0.25, 0.3) is 0 Å². The second-order valence-corrected chi connectivity index (χ2v) is 12.3. The number of aromatic nitrogens is 3. The summed E-state index contributed by atoms with van der Waals surface area (Å²) in [6, 6.07) is 5.23. The fraction of sp³-hybridized carbons (Fsp3) is 0.515. The zero-order chi connectivity index (χ0) is 33.2. The third kappa shape index (κ3) is 13.7. The number of carbonyl (C=O) groups is 2. The standard InChI is InChI=1S/C16H17N3O2S.C13H22N4OS.2C2H6/c1-10-19-12(9-22-10)6-16(21)17-5-4-11-8-18-15-3-2-13(20)7-14(11)15;1-11-15-12(10-19-11)9-13(18)14-3-4-17-7-5-16(2)6-8-17;2*1-2/h2-3,7-9,18,20H,4-6H2,1H3,(H,17,21);10H,3-9H2,1-2H3,(H,14,18);2*1-2H3. The first-order valence-electron chi connectivity index (χ1n) is 15.8. The first kappa shape index (κ1) is 37.9. The minimum absolute atomic E-state index is 0.0204. The summed E-state index contributed by atoms with van der Waals surface area (Å²) >= 11 is 3.14. The van der Waals surface area contributed by atoms with Crippen LogP contribution >= 0.6 is 22.7 Å². The number of phenolic OH excluding ortho intramolecular Hbond substituents is 1. The molecule has 1 aliphatic rings. The van der Waals surface area contributed by atoms with Crippen LogP contribution in [0.1, 0.15) is 54.7 Å². The Labute approximate surface area is 276 Å². The highest BCUT2D eigenvalue weighted by atomic mass is 32.1. The summed E-state index contributed by atoms with van der Waals surface area (Å²) in [4.78, 5) is 40.1. The third-order valence-corrected chi connectivity index (χ3v) is 8.47. The predicted octanol–water partition coefficient (Wildman–Crippen LogP) is 4.95. The lowest BCUT2D eigenvalue weighted by Gasteiger charge is -2.32. The van der Waals surface area contributed by atoms with Gasteiger partial charge in [-0.25, -0.2) is 9.97 Å². The van der Waals surface area contributed by atoms with E-state index in [1.165, 1.54) is 0 Å². The smallest absolute Gasteiger partial charge is 0.226 e. The minimum Gasteiger partial charge on any atom is -0.508 e. The average molecular weight is 658 g/mol. The largest absolute Gasteiger partial charge is 0.508 e. The van der Waals surface area contributed by atoms with Gasteiger partial charge in [0, 0.05) is 73.7 Å². The molecule has 45 heavy (non-hydrogen) atoms. The molecule has 4 aromatic rings. The number of nitrogens with zero attached hydrogens (tertiary/aromatic N) is 4. The second kappa shape index (κ2) is 20.7. The van der Waals surface area contributed by atoms with Crippen LogP contribution in [-0.2, 0) is 28.9 Å². The fourth-order valence-corrected chi connectivity index (χ4v) is 5.79. The number of aryl methyl sites for hydroxylation is 2. The van der Waals surface area contributed by atoms with Crippen molar-refractivity contribution >= 4 is 45.4 Å². The molecule has 3 aromatic heterocycles. The molecule has 0 spiro atoms. The fourth-order valence-electron chi connectivity index (χ4n) is 4.57. The Morgan fingerprint density at radius 1 is 0.889 bits per heavy atom. The van der Waals surface area contributed by atoms with E-state index in [1.54, 1.807) is 34.8 Å². The van der Waals surface area contributed by atoms with Gasteiger partial charge in [-0.1, -0.05) is 27.7 Å². The lowest BCUT2D eigenvalue weighted by molar-refractivity contribution is -0.121. The zero-order valence-electron chi connectivity index (χ0n) is 27.9. The number of likely N-dealkylation sites (N-methyl/N-ethyl adjacent to an activating group) is 1. The van der Waals surface area contributed by atoms with Crippen molar-refractivity contribution in [3.8, 4) is 5.75 Å². The first-order chi connectivity index (χ1) is 21.7. The van der Waals surface area contributed by atoms with E-state index in [-0.39, 0.29) is 17.6 Å². The van der Waals surface area contributed by atoms with Crippen LogP contribution < -0.4 is 10.6 Å². The lowest BCUT2D eigenvalue weighted by atomic mass is 10.1. The maximum Gasteiger partial charge on any atom is 0.226 e. The van der Waals surface area contributed by atoms with Crippen molar-refractivity contribution < 1.29 is 14.7 Å². The number of H-pyrrole nitrogens is 1. The molecule has 0 atom stereocenters. The minimum atomic E-state index is -0.0204. The number of aromatic amines is 1. The van der Waals surface area contributed by atoms with Crippen LogP contribution in [-0.4, -0.2) is 94.5 Å². The molecule has 2 amide bonds. The van der Waals surface area contributed by atoms with Crippen LogP contribution in [0, 0.1) is 13.8 Å². The summed E-state index contributed by atoms with van der Waals surface area (Å²) in [5.74, 6) is 0.295. The Balaban J connectivity index is 0.000000285. The highest BCUT2D eigenvalue weighted by molar-refractivity contribution is 7.09. The number of thiazole rings is 2. The molecule has 10 nitrogen and oxygen atoms in total. The second-order valence-electron chi connectivity index (χ2n) is 10.2. The molecule has 0 aliphatic carbocycles. The average Bonchev–Trinajstić information content (AvgIpc) is 3.76. The van der Waals surface area contributed by atoms with E-state index in [4.69, 9.17) is 0 Å². The molecule has 0 bridgehead atoms. The van der Waals surface area contributed by atoms with Gasteiger partial charge < -0.3 is 25.6 Å². The Morgan fingerprint density at radius 3 is 1.98 bits per heavy atom. The van der Waals surface area contributed by atoms with Gasteiger partial charge in [-0.05, 0) is 51.1 Å². The Morgan fingerprint density at radius 2 is 1.44 bits per heavy atom. The quantitative estimate of drug-likeness (QED) is 0.190. The van der Waals surface area contributed by atoms with E-state index in [0.717, 1.165) is 77.1 Å². The first-order valence-corrected chi connectivity index (χ1v) is 17.6.